The van der Waals surface area contributed by atoms with E-state index in [4.69, 9.17) is 5.73 Å². The monoisotopic (exact) mass is 213 g/mol. The molecule has 0 aliphatic heterocycles. The number of hydrogen-bond acceptors (Lipinski definition) is 1. The summed E-state index contributed by atoms with van der Waals surface area (Å²) in [5.74, 6) is 0. The van der Waals surface area contributed by atoms with E-state index in [1.165, 1.54) is 11.1 Å². The van der Waals surface area contributed by atoms with Gasteiger partial charge in [0, 0.05) is 5.33 Å². The summed E-state index contributed by atoms with van der Waals surface area (Å²) in [6, 6.07) is 8.47. The van der Waals surface area contributed by atoms with Crippen molar-refractivity contribution in [1.29, 1.82) is 0 Å². The van der Waals surface area contributed by atoms with Gasteiger partial charge in [-0.2, -0.15) is 0 Å². The molecule has 2 N–H and O–H groups in total. The Morgan fingerprint density at radius 1 is 1.27 bits per heavy atom. The first kappa shape index (κ1) is 8.75. The molecule has 0 amide bonds. The van der Waals surface area contributed by atoms with Crippen molar-refractivity contribution in [3.8, 4) is 0 Å². The zero-order valence-electron chi connectivity index (χ0n) is 6.39. The summed E-state index contributed by atoms with van der Waals surface area (Å²) in [5, 5.41) is 0.922. The zero-order chi connectivity index (χ0) is 8.10. The molecule has 0 heterocycles. The van der Waals surface area contributed by atoms with E-state index in [1.807, 2.05) is 0 Å². The maximum atomic E-state index is 5.44. The highest BCUT2D eigenvalue weighted by Crippen LogP contribution is 2.08. The van der Waals surface area contributed by atoms with Crippen LogP contribution >= 0.6 is 15.9 Å². The molecule has 0 bridgehead atoms. The first-order valence-electron chi connectivity index (χ1n) is 3.70. The molecule has 0 atom stereocenters. The Bertz CT molecular complexity index is 223. The zero-order valence-corrected chi connectivity index (χ0v) is 7.97. The molecule has 11 heavy (non-hydrogen) atoms. The normalized spacial score (nSPS) is 10.0. The van der Waals surface area contributed by atoms with Crippen molar-refractivity contribution in [3.63, 3.8) is 0 Å². The molecule has 0 unspecified atom stereocenters. The lowest BCUT2D eigenvalue weighted by Crippen LogP contribution is -2.02. The Morgan fingerprint density at radius 2 is 2.00 bits per heavy atom. The van der Waals surface area contributed by atoms with Gasteiger partial charge in [0.15, 0.2) is 0 Å². The van der Waals surface area contributed by atoms with E-state index >= 15 is 0 Å². The second kappa shape index (κ2) is 4.52. The highest BCUT2D eigenvalue weighted by Gasteiger charge is 1.92. The van der Waals surface area contributed by atoms with Gasteiger partial charge in [-0.1, -0.05) is 40.2 Å². The lowest BCUT2D eigenvalue weighted by Gasteiger charge is -2.00. The molecule has 0 saturated heterocycles. The van der Waals surface area contributed by atoms with E-state index in [1.54, 1.807) is 0 Å². The molecule has 2 heteroatoms. The maximum Gasteiger partial charge on any atom is 0.0283 e. The molecule has 0 radical (unpaired) electrons. The highest BCUT2D eigenvalue weighted by molar-refractivity contribution is 9.08. The number of benzene rings is 1. The van der Waals surface area contributed by atoms with E-state index in [0.717, 1.165) is 18.3 Å². The number of rotatable bonds is 3. The Balaban J connectivity index is 2.74. The second-order valence-electron chi connectivity index (χ2n) is 2.49. The molecule has 1 aromatic rings. The predicted molar refractivity (Wildman–Crippen MR) is 51.8 cm³/mol. The van der Waals surface area contributed by atoms with Gasteiger partial charge in [0.05, 0.1) is 0 Å². The SMILES string of the molecule is NCCc1cccc(CBr)c1. The second-order valence-corrected chi connectivity index (χ2v) is 3.05. The molecule has 60 valence electrons. The molecule has 0 saturated carbocycles. The third kappa shape index (κ3) is 2.64. The molecule has 1 aromatic carbocycles. The van der Waals surface area contributed by atoms with Crippen molar-refractivity contribution in [2.75, 3.05) is 6.54 Å². The lowest BCUT2D eigenvalue weighted by atomic mass is 10.1. The number of alkyl halides is 1. The average Bonchev–Trinajstić information content (AvgIpc) is 2.06. The first-order valence-corrected chi connectivity index (χ1v) is 4.83. The number of nitrogens with two attached hydrogens (primary N) is 1. The summed E-state index contributed by atoms with van der Waals surface area (Å²) < 4.78 is 0. The lowest BCUT2D eigenvalue weighted by molar-refractivity contribution is 0.966. The van der Waals surface area contributed by atoms with Crippen molar-refractivity contribution >= 4 is 15.9 Å². The summed E-state index contributed by atoms with van der Waals surface area (Å²) in [7, 11) is 0. The van der Waals surface area contributed by atoms with Crippen LogP contribution in [0.1, 0.15) is 11.1 Å². The van der Waals surface area contributed by atoms with Crippen LogP contribution in [-0.4, -0.2) is 6.54 Å². The van der Waals surface area contributed by atoms with Gasteiger partial charge < -0.3 is 5.73 Å². The van der Waals surface area contributed by atoms with Crippen molar-refractivity contribution < 1.29 is 0 Å². The molecular formula is C9H12BrN. The largest absolute Gasteiger partial charge is 0.330 e. The van der Waals surface area contributed by atoms with Crippen molar-refractivity contribution in [3.05, 3.63) is 35.4 Å². The topological polar surface area (TPSA) is 26.0 Å². The van der Waals surface area contributed by atoms with Crippen LogP contribution in [0.2, 0.25) is 0 Å². The minimum Gasteiger partial charge on any atom is -0.330 e. The smallest absolute Gasteiger partial charge is 0.0283 e. The average molecular weight is 214 g/mol. The molecule has 1 nitrogen and oxygen atoms in total. The summed E-state index contributed by atoms with van der Waals surface area (Å²) >= 11 is 3.41. The standard InChI is InChI=1S/C9H12BrN/c10-7-9-3-1-2-8(6-9)4-5-11/h1-3,6H,4-5,7,11H2. The van der Waals surface area contributed by atoms with Gasteiger partial charge >= 0.3 is 0 Å². The summed E-state index contributed by atoms with van der Waals surface area (Å²) in [4.78, 5) is 0. The van der Waals surface area contributed by atoms with Crippen LogP contribution in [0.5, 0.6) is 0 Å². The van der Waals surface area contributed by atoms with Crippen LogP contribution in [0, 0.1) is 0 Å². The van der Waals surface area contributed by atoms with E-state index in [9.17, 15) is 0 Å². The molecule has 0 spiro atoms. The maximum absolute atomic E-state index is 5.44. The first-order chi connectivity index (χ1) is 5.36. The highest BCUT2D eigenvalue weighted by atomic mass is 79.9. The minimum atomic E-state index is 0.728. The summed E-state index contributed by atoms with van der Waals surface area (Å²) in [6.45, 7) is 0.728. The predicted octanol–water partition coefficient (Wildman–Crippen LogP) is 2.08. The van der Waals surface area contributed by atoms with Gasteiger partial charge in [-0.05, 0) is 24.1 Å². The van der Waals surface area contributed by atoms with Crippen molar-refractivity contribution in [2.45, 2.75) is 11.8 Å². The number of halogens is 1. The fraction of sp³-hybridized carbons (Fsp3) is 0.333. The fourth-order valence-corrected chi connectivity index (χ4v) is 1.38. The summed E-state index contributed by atoms with van der Waals surface area (Å²) in [6.07, 6.45) is 0.973. The molecule has 0 aliphatic rings. The van der Waals surface area contributed by atoms with Gasteiger partial charge in [0.2, 0.25) is 0 Å². The van der Waals surface area contributed by atoms with Crippen molar-refractivity contribution in [1.82, 2.24) is 0 Å². The summed E-state index contributed by atoms with van der Waals surface area (Å²) in [5.41, 5.74) is 8.08. The Kier molecular flexibility index (Phi) is 3.60. The molecule has 0 aromatic heterocycles. The fourth-order valence-electron chi connectivity index (χ4n) is 1.03. The molecule has 1 rings (SSSR count). The molecular weight excluding hydrogens is 202 g/mol. The Labute approximate surface area is 75.7 Å². The van der Waals surface area contributed by atoms with Crippen LogP contribution < -0.4 is 5.73 Å². The molecule has 0 aliphatic carbocycles. The third-order valence-corrected chi connectivity index (χ3v) is 2.23. The third-order valence-electron chi connectivity index (χ3n) is 1.58. The van der Waals surface area contributed by atoms with Crippen LogP contribution in [0.15, 0.2) is 24.3 Å². The van der Waals surface area contributed by atoms with Gasteiger partial charge in [0.1, 0.15) is 0 Å². The van der Waals surface area contributed by atoms with Gasteiger partial charge in [-0.15, -0.1) is 0 Å². The van der Waals surface area contributed by atoms with E-state index in [2.05, 4.69) is 40.2 Å². The van der Waals surface area contributed by atoms with Gasteiger partial charge in [-0.3, -0.25) is 0 Å². The van der Waals surface area contributed by atoms with E-state index in [-0.39, 0.29) is 0 Å². The van der Waals surface area contributed by atoms with E-state index < -0.39 is 0 Å². The van der Waals surface area contributed by atoms with Crippen LogP contribution in [0.25, 0.3) is 0 Å². The Morgan fingerprint density at radius 3 is 2.64 bits per heavy atom. The Hall–Kier alpha value is -0.340. The molecule has 0 fully saturated rings. The number of hydrogen-bond donors (Lipinski definition) is 1. The van der Waals surface area contributed by atoms with Gasteiger partial charge in [0.25, 0.3) is 0 Å². The van der Waals surface area contributed by atoms with Crippen LogP contribution in [-0.2, 0) is 11.8 Å². The van der Waals surface area contributed by atoms with E-state index in [0.29, 0.717) is 0 Å². The van der Waals surface area contributed by atoms with Crippen LogP contribution in [0.3, 0.4) is 0 Å². The van der Waals surface area contributed by atoms with Crippen LogP contribution in [0.4, 0.5) is 0 Å². The van der Waals surface area contributed by atoms with Crippen molar-refractivity contribution in [2.24, 2.45) is 5.73 Å². The minimum absolute atomic E-state index is 0.728. The quantitative estimate of drug-likeness (QED) is 0.766. The van der Waals surface area contributed by atoms with Gasteiger partial charge in [-0.25, -0.2) is 0 Å².